The van der Waals surface area contributed by atoms with E-state index >= 15 is 0 Å². The van der Waals surface area contributed by atoms with Crippen LogP contribution in [-0.4, -0.2) is 17.8 Å². The van der Waals surface area contributed by atoms with Crippen LogP contribution in [0.4, 0.5) is 5.69 Å². The van der Waals surface area contributed by atoms with E-state index < -0.39 is 0 Å². The first-order valence-corrected chi connectivity index (χ1v) is 7.47. The van der Waals surface area contributed by atoms with Crippen LogP contribution in [0.2, 0.25) is 0 Å². The highest BCUT2D eigenvalue weighted by Crippen LogP contribution is 2.19. The van der Waals surface area contributed by atoms with Gasteiger partial charge in [-0.2, -0.15) is 0 Å². The summed E-state index contributed by atoms with van der Waals surface area (Å²) >= 11 is 0. The van der Waals surface area contributed by atoms with Crippen LogP contribution in [0.25, 0.3) is 0 Å². The molecule has 0 fully saturated rings. The predicted molar refractivity (Wildman–Crippen MR) is 83.6 cm³/mol. The molecular weight excluding hydrogens is 234 g/mol. The lowest BCUT2D eigenvalue weighted by atomic mass is 9.95. The monoisotopic (exact) mass is 263 g/mol. The normalized spacial score (nSPS) is 11.6. The Morgan fingerprint density at radius 1 is 0.947 bits per heavy atom. The zero-order valence-electron chi connectivity index (χ0n) is 12.8. The largest absolute Gasteiger partial charge is 0.396 e. The number of benzene rings is 1. The van der Waals surface area contributed by atoms with Crippen molar-refractivity contribution in [2.75, 3.05) is 11.9 Å². The Bertz CT molecular complexity index is 333. The molecule has 2 nitrogen and oxygen atoms in total. The van der Waals surface area contributed by atoms with Crippen molar-refractivity contribution in [3.8, 4) is 0 Å². The van der Waals surface area contributed by atoms with Gasteiger partial charge in [-0.15, -0.1) is 0 Å². The third kappa shape index (κ3) is 6.63. The molecule has 0 spiro atoms. The summed E-state index contributed by atoms with van der Waals surface area (Å²) < 4.78 is 0. The van der Waals surface area contributed by atoms with E-state index in [0.29, 0.717) is 17.9 Å². The van der Waals surface area contributed by atoms with Crippen LogP contribution in [0.1, 0.15) is 46.1 Å². The third-order valence-electron chi connectivity index (χ3n) is 3.24. The second-order valence-corrected chi connectivity index (χ2v) is 6.27. The highest BCUT2D eigenvalue weighted by molar-refractivity contribution is 5.45. The number of nitrogens with one attached hydrogen (secondary N) is 1. The zero-order chi connectivity index (χ0) is 14.3. The van der Waals surface area contributed by atoms with Crippen molar-refractivity contribution in [3.63, 3.8) is 0 Å². The van der Waals surface area contributed by atoms with Gasteiger partial charge in [0.15, 0.2) is 0 Å². The van der Waals surface area contributed by atoms with Gasteiger partial charge in [0.05, 0.1) is 0 Å². The van der Waals surface area contributed by atoms with Crippen molar-refractivity contribution in [2.45, 2.75) is 53.0 Å². The van der Waals surface area contributed by atoms with Crippen LogP contribution in [0.15, 0.2) is 24.3 Å². The van der Waals surface area contributed by atoms with Gasteiger partial charge in [-0.3, -0.25) is 0 Å². The lowest BCUT2D eigenvalue weighted by Gasteiger charge is -2.23. The van der Waals surface area contributed by atoms with E-state index in [1.807, 2.05) is 0 Å². The highest BCUT2D eigenvalue weighted by Gasteiger charge is 2.12. The lowest BCUT2D eigenvalue weighted by molar-refractivity contribution is 0.299. The van der Waals surface area contributed by atoms with Crippen LogP contribution in [0.3, 0.4) is 0 Å². The minimum absolute atomic E-state index is 0.218. The summed E-state index contributed by atoms with van der Waals surface area (Å²) in [5.41, 5.74) is 2.38. The van der Waals surface area contributed by atoms with Gasteiger partial charge in [0.1, 0.15) is 0 Å². The molecule has 0 aliphatic carbocycles. The summed E-state index contributed by atoms with van der Waals surface area (Å²) in [6, 6.07) is 8.99. The van der Waals surface area contributed by atoms with Crippen LogP contribution >= 0.6 is 0 Å². The summed E-state index contributed by atoms with van der Waals surface area (Å²) in [6.45, 7) is 9.33. The average molecular weight is 263 g/mol. The second-order valence-electron chi connectivity index (χ2n) is 6.27. The topological polar surface area (TPSA) is 32.3 Å². The molecule has 2 N–H and O–H groups in total. The first-order valence-electron chi connectivity index (χ1n) is 7.47. The minimum atomic E-state index is 0.218. The number of aliphatic hydroxyl groups excluding tert-OH is 1. The van der Waals surface area contributed by atoms with E-state index in [0.717, 1.165) is 6.42 Å². The number of aliphatic hydroxyl groups is 1. The maximum Gasteiger partial charge on any atom is 0.0471 e. The van der Waals surface area contributed by atoms with E-state index in [-0.39, 0.29) is 6.61 Å². The Balaban J connectivity index is 2.61. The Kier molecular flexibility index (Phi) is 6.93. The Hall–Kier alpha value is -1.02. The Morgan fingerprint density at radius 3 is 1.89 bits per heavy atom. The maximum atomic E-state index is 8.92. The molecule has 2 heteroatoms. The minimum Gasteiger partial charge on any atom is -0.396 e. The van der Waals surface area contributed by atoms with Gasteiger partial charge in [0, 0.05) is 18.3 Å². The quantitative estimate of drug-likeness (QED) is 0.740. The van der Waals surface area contributed by atoms with E-state index in [4.69, 9.17) is 5.11 Å². The fourth-order valence-electron chi connectivity index (χ4n) is 2.48. The average Bonchev–Trinajstić information content (AvgIpc) is 2.30. The van der Waals surface area contributed by atoms with Gasteiger partial charge in [-0.05, 0) is 48.8 Å². The van der Waals surface area contributed by atoms with Gasteiger partial charge < -0.3 is 10.4 Å². The van der Waals surface area contributed by atoms with Crippen molar-refractivity contribution < 1.29 is 5.11 Å². The molecule has 0 radical (unpaired) electrons. The fraction of sp³-hybridized carbons (Fsp3) is 0.647. The number of rotatable bonds is 8. The molecular formula is C17H29NO. The lowest BCUT2D eigenvalue weighted by Crippen LogP contribution is -2.23. The van der Waals surface area contributed by atoms with Crippen molar-refractivity contribution >= 4 is 5.69 Å². The van der Waals surface area contributed by atoms with Gasteiger partial charge in [0.2, 0.25) is 0 Å². The molecule has 0 unspecified atom stereocenters. The summed E-state index contributed by atoms with van der Waals surface area (Å²) in [4.78, 5) is 0. The first-order chi connectivity index (χ1) is 9.01. The molecule has 0 saturated carbocycles. The van der Waals surface area contributed by atoms with Gasteiger partial charge in [-0.25, -0.2) is 0 Å². The summed E-state index contributed by atoms with van der Waals surface area (Å²) in [5, 5.41) is 12.6. The molecule has 0 aromatic heterocycles. The van der Waals surface area contributed by atoms with E-state index in [9.17, 15) is 0 Å². The van der Waals surface area contributed by atoms with Gasteiger partial charge in [0.25, 0.3) is 0 Å². The molecule has 0 atom stereocenters. The second kappa shape index (κ2) is 8.21. The van der Waals surface area contributed by atoms with E-state index in [2.05, 4.69) is 57.3 Å². The molecule has 0 aliphatic rings. The summed E-state index contributed by atoms with van der Waals surface area (Å²) in [5.74, 6) is 1.43. The Morgan fingerprint density at radius 2 is 1.47 bits per heavy atom. The maximum absolute atomic E-state index is 8.92. The molecule has 0 saturated heterocycles. The van der Waals surface area contributed by atoms with E-state index in [1.165, 1.54) is 24.1 Å². The highest BCUT2D eigenvalue weighted by atomic mass is 16.2. The fourth-order valence-corrected chi connectivity index (χ4v) is 2.48. The van der Waals surface area contributed by atoms with Gasteiger partial charge in [-0.1, -0.05) is 39.8 Å². The predicted octanol–water partition coefficient (Wildman–Crippen LogP) is 4.09. The van der Waals surface area contributed by atoms with Crippen molar-refractivity contribution in [1.29, 1.82) is 0 Å². The molecule has 1 aromatic rings. The molecule has 0 aliphatic heterocycles. The number of hydrogen-bond acceptors (Lipinski definition) is 2. The smallest absolute Gasteiger partial charge is 0.0471 e. The molecule has 0 amide bonds. The standard InChI is InChI=1S/C17H29NO/c1-13(2)11-17(12-14(3)4)18-16-7-5-15(6-8-16)9-10-19/h5-8,13-14,17-19H,9-12H2,1-4H3. The van der Waals surface area contributed by atoms with Crippen LogP contribution in [0.5, 0.6) is 0 Å². The number of hydrogen-bond donors (Lipinski definition) is 2. The molecule has 1 aromatic carbocycles. The Labute approximate surface area is 118 Å². The van der Waals surface area contributed by atoms with E-state index in [1.54, 1.807) is 0 Å². The van der Waals surface area contributed by atoms with Crippen LogP contribution in [0, 0.1) is 11.8 Å². The summed E-state index contributed by atoms with van der Waals surface area (Å²) in [7, 11) is 0. The SMILES string of the molecule is CC(C)CC(CC(C)C)Nc1ccc(CCO)cc1. The third-order valence-corrected chi connectivity index (χ3v) is 3.24. The summed E-state index contributed by atoms with van der Waals surface area (Å²) in [6.07, 6.45) is 3.15. The molecule has 19 heavy (non-hydrogen) atoms. The molecule has 0 heterocycles. The molecule has 0 bridgehead atoms. The van der Waals surface area contributed by atoms with Gasteiger partial charge >= 0.3 is 0 Å². The zero-order valence-corrected chi connectivity index (χ0v) is 12.8. The van der Waals surface area contributed by atoms with Crippen molar-refractivity contribution in [3.05, 3.63) is 29.8 Å². The van der Waals surface area contributed by atoms with Crippen LogP contribution in [-0.2, 0) is 6.42 Å². The molecule has 1 rings (SSSR count). The van der Waals surface area contributed by atoms with Crippen LogP contribution < -0.4 is 5.32 Å². The van der Waals surface area contributed by atoms with Crippen molar-refractivity contribution in [2.24, 2.45) is 11.8 Å². The first kappa shape index (κ1) is 16.0. The van der Waals surface area contributed by atoms with Crippen molar-refractivity contribution in [1.82, 2.24) is 0 Å². The molecule has 108 valence electrons. The number of anilines is 1.